The Labute approximate surface area is 173 Å². The number of fused-ring (bicyclic) bond motifs is 2. The number of hydrogen-bond acceptors (Lipinski definition) is 1. The van der Waals surface area contributed by atoms with E-state index in [1.807, 2.05) is 18.2 Å². The van der Waals surface area contributed by atoms with Crippen molar-refractivity contribution in [3.8, 4) is 0 Å². The Morgan fingerprint density at radius 3 is 2.24 bits per heavy atom. The summed E-state index contributed by atoms with van der Waals surface area (Å²) in [5.41, 5.74) is 4.09. The Morgan fingerprint density at radius 2 is 1.48 bits per heavy atom. The molecule has 4 rings (SSSR count). The van der Waals surface area contributed by atoms with Crippen LogP contribution in [0, 0.1) is 0 Å². The molecule has 0 bridgehead atoms. The van der Waals surface area contributed by atoms with E-state index in [0.717, 1.165) is 53.2 Å². The van der Waals surface area contributed by atoms with Gasteiger partial charge in [0.15, 0.2) is 5.78 Å². The first-order valence-electron chi connectivity index (χ1n) is 10.9. The second kappa shape index (κ2) is 8.65. The van der Waals surface area contributed by atoms with Crippen molar-refractivity contribution in [2.75, 3.05) is 0 Å². The maximum Gasteiger partial charge on any atom is 0.195 e. The summed E-state index contributed by atoms with van der Waals surface area (Å²) in [6, 6.07) is 20.8. The number of aryl methyl sites for hydroxylation is 2. The maximum absolute atomic E-state index is 13.7. The molecule has 0 N–H and O–H groups in total. The van der Waals surface area contributed by atoms with E-state index < -0.39 is 0 Å². The third-order valence-electron chi connectivity index (χ3n) is 5.81. The quantitative estimate of drug-likeness (QED) is 0.233. The third-order valence-corrected chi connectivity index (χ3v) is 5.81. The van der Waals surface area contributed by atoms with E-state index in [1.165, 1.54) is 23.8 Å². The molecule has 0 aliphatic heterocycles. The van der Waals surface area contributed by atoms with E-state index in [0.29, 0.717) is 0 Å². The number of aromatic nitrogens is 1. The molecule has 0 spiro atoms. The first-order valence-corrected chi connectivity index (χ1v) is 10.9. The van der Waals surface area contributed by atoms with Crippen LogP contribution < -0.4 is 0 Å². The van der Waals surface area contributed by atoms with Gasteiger partial charge in [0.2, 0.25) is 0 Å². The molecule has 2 nitrogen and oxygen atoms in total. The Morgan fingerprint density at radius 1 is 0.759 bits per heavy atom. The average Bonchev–Trinajstić information content (AvgIpc) is 3.13. The van der Waals surface area contributed by atoms with Crippen LogP contribution in [-0.4, -0.2) is 10.4 Å². The minimum Gasteiger partial charge on any atom is -0.347 e. The summed E-state index contributed by atoms with van der Waals surface area (Å²) in [5.74, 6) is 0.120. The normalized spacial score (nSPS) is 11.4. The van der Waals surface area contributed by atoms with Gasteiger partial charge in [-0.3, -0.25) is 4.79 Å². The second-order valence-corrected chi connectivity index (χ2v) is 7.86. The molecule has 0 unspecified atom stereocenters. The molecule has 0 aliphatic rings. The van der Waals surface area contributed by atoms with Crippen LogP contribution in [0.15, 0.2) is 66.9 Å². The number of ketones is 1. The summed E-state index contributed by atoms with van der Waals surface area (Å²) < 4.78 is 2.26. The van der Waals surface area contributed by atoms with E-state index in [4.69, 9.17) is 0 Å². The zero-order valence-corrected chi connectivity index (χ0v) is 17.4. The minimum atomic E-state index is 0.120. The van der Waals surface area contributed by atoms with Gasteiger partial charge in [0.1, 0.15) is 0 Å². The summed E-state index contributed by atoms with van der Waals surface area (Å²) in [4.78, 5) is 13.7. The van der Waals surface area contributed by atoms with E-state index in [9.17, 15) is 4.79 Å². The van der Waals surface area contributed by atoms with Gasteiger partial charge in [0.25, 0.3) is 0 Å². The first-order chi connectivity index (χ1) is 14.2. The van der Waals surface area contributed by atoms with Gasteiger partial charge in [-0.25, -0.2) is 0 Å². The molecular weight excluding hydrogens is 354 g/mol. The van der Waals surface area contributed by atoms with Gasteiger partial charge in [-0.15, -0.1) is 0 Å². The van der Waals surface area contributed by atoms with Crippen molar-refractivity contribution in [2.24, 2.45) is 0 Å². The summed E-state index contributed by atoms with van der Waals surface area (Å²) in [6.45, 7) is 5.37. The highest BCUT2D eigenvalue weighted by atomic mass is 16.1. The summed E-state index contributed by atoms with van der Waals surface area (Å²) in [7, 11) is 0. The molecule has 2 heteroatoms. The molecule has 1 heterocycles. The fourth-order valence-corrected chi connectivity index (χ4v) is 4.34. The lowest BCUT2D eigenvalue weighted by Crippen LogP contribution is -2.03. The van der Waals surface area contributed by atoms with Gasteiger partial charge in [-0.2, -0.15) is 0 Å². The molecule has 0 radical (unpaired) electrons. The standard InChI is InChI=1S/C27H29NO/c1-3-5-10-18-28-19-25(23-14-8-9-15-26(23)28)27(29)24-17-16-20(11-4-2)21-12-6-7-13-22(21)24/h6-9,12-17,19H,3-5,10-11,18H2,1-2H3. The van der Waals surface area contributed by atoms with E-state index >= 15 is 0 Å². The number of hydrogen-bond donors (Lipinski definition) is 0. The highest BCUT2D eigenvalue weighted by Crippen LogP contribution is 2.29. The molecule has 0 fully saturated rings. The molecule has 4 aromatic rings. The van der Waals surface area contributed by atoms with Crippen LogP contribution in [0.3, 0.4) is 0 Å². The number of carbonyl (C=O) groups excluding carboxylic acids is 1. The minimum absolute atomic E-state index is 0.120. The van der Waals surface area contributed by atoms with Gasteiger partial charge in [-0.1, -0.05) is 87.7 Å². The summed E-state index contributed by atoms with van der Waals surface area (Å²) >= 11 is 0. The number of rotatable bonds is 8. The zero-order chi connectivity index (χ0) is 20.2. The van der Waals surface area contributed by atoms with Crippen molar-refractivity contribution in [1.82, 2.24) is 4.57 Å². The third kappa shape index (κ3) is 3.72. The Bertz CT molecular complexity index is 1150. The van der Waals surface area contributed by atoms with Crippen molar-refractivity contribution in [2.45, 2.75) is 52.5 Å². The molecule has 1 aromatic heterocycles. The lowest BCUT2D eigenvalue weighted by molar-refractivity contribution is 0.104. The van der Waals surface area contributed by atoms with Crippen molar-refractivity contribution in [3.63, 3.8) is 0 Å². The Balaban J connectivity index is 1.81. The largest absolute Gasteiger partial charge is 0.347 e. The SMILES string of the molecule is CCCCCn1cc(C(=O)c2ccc(CCC)c3ccccc23)c2ccccc21. The topological polar surface area (TPSA) is 22.0 Å². The molecule has 29 heavy (non-hydrogen) atoms. The van der Waals surface area contributed by atoms with Crippen molar-refractivity contribution >= 4 is 27.5 Å². The number of carbonyl (C=O) groups is 1. The van der Waals surface area contributed by atoms with Crippen LogP contribution in [0.25, 0.3) is 21.7 Å². The molecule has 0 saturated heterocycles. The number of benzene rings is 3. The van der Waals surface area contributed by atoms with Crippen LogP contribution in [0.4, 0.5) is 0 Å². The number of para-hydroxylation sites is 1. The molecule has 3 aromatic carbocycles. The molecule has 0 amide bonds. The summed E-state index contributed by atoms with van der Waals surface area (Å²) in [6.07, 6.45) is 7.74. The fraction of sp³-hybridized carbons (Fsp3) is 0.296. The van der Waals surface area contributed by atoms with Gasteiger partial charge < -0.3 is 4.57 Å². The van der Waals surface area contributed by atoms with Gasteiger partial charge in [0, 0.05) is 34.8 Å². The van der Waals surface area contributed by atoms with E-state index in [-0.39, 0.29) is 5.78 Å². The summed E-state index contributed by atoms with van der Waals surface area (Å²) in [5, 5.41) is 3.31. The lowest BCUT2D eigenvalue weighted by Gasteiger charge is -2.10. The molecule has 0 atom stereocenters. The van der Waals surface area contributed by atoms with Crippen LogP contribution >= 0.6 is 0 Å². The molecule has 0 aliphatic carbocycles. The molecule has 0 saturated carbocycles. The van der Waals surface area contributed by atoms with Gasteiger partial charge >= 0.3 is 0 Å². The van der Waals surface area contributed by atoms with Gasteiger partial charge in [-0.05, 0) is 35.2 Å². The fourth-order valence-electron chi connectivity index (χ4n) is 4.34. The van der Waals surface area contributed by atoms with Crippen LogP contribution in [0.2, 0.25) is 0 Å². The lowest BCUT2D eigenvalue weighted by atomic mass is 9.93. The Hall–Kier alpha value is -2.87. The highest BCUT2D eigenvalue weighted by molar-refractivity contribution is 6.21. The van der Waals surface area contributed by atoms with E-state index in [1.54, 1.807) is 0 Å². The smallest absolute Gasteiger partial charge is 0.195 e. The van der Waals surface area contributed by atoms with Gasteiger partial charge in [0.05, 0.1) is 0 Å². The molecule has 148 valence electrons. The number of unbranched alkanes of at least 4 members (excludes halogenated alkanes) is 2. The second-order valence-electron chi connectivity index (χ2n) is 7.86. The van der Waals surface area contributed by atoms with Crippen LogP contribution in [-0.2, 0) is 13.0 Å². The maximum atomic E-state index is 13.7. The predicted molar refractivity (Wildman–Crippen MR) is 123 cm³/mol. The predicted octanol–water partition coefficient (Wildman–Crippen LogP) is 7.17. The van der Waals surface area contributed by atoms with Crippen LogP contribution in [0.5, 0.6) is 0 Å². The number of nitrogens with zero attached hydrogens (tertiary/aromatic N) is 1. The Kier molecular flexibility index (Phi) is 5.80. The monoisotopic (exact) mass is 383 g/mol. The van der Waals surface area contributed by atoms with Crippen molar-refractivity contribution in [1.29, 1.82) is 0 Å². The highest BCUT2D eigenvalue weighted by Gasteiger charge is 2.19. The zero-order valence-electron chi connectivity index (χ0n) is 17.4. The van der Waals surface area contributed by atoms with Crippen molar-refractivity contribution in [3.05, 3.63) is 83.6 Å². The first kappa shape index (κ1) is 19.4. The van der Waals surface area contributed by atoms with Crippen LogP contribution in [0.1, 0.15) is 61.0 Å². The van der Waals surface area contributed by atoms with Crippen molar-refractivity contribution < 1.29 is 4.79 Å². The average molecular weight is 384 g/mol. The molecular formula is C27H29NO. The van der Waals surface area contributed by atoms with E-state index in [2.05, 4.69) is 67.1 Å².